The number of nitrogens with two attached hydrogens (primary N) is 6. The Bertz CT molecular complexity index is 876. The Morgan fingerprint density at radius 2 is 0.706 bits per heavy atom. The van der Waals surface area contributed by atoms with Crippen molar-refractivity contribution in [3.8, 4) is 0 Å². The van der Waals surface area contributed by atoms with Crippen LogP contribution in [0.3, 0.4) is 0 Å². The Morgan fingerprint density at radius 1 is 0.529 bits per heavy atom. The molecule has 0 bridgehead atoms. The first-order valence-electron chi connectivity index (χ1n) is 14.4. The van der Waals surface area contributed by atoms with Gasteiger partial charge in [-0.15, -0.1) is 0 Å². The van der Waals surface area contributed by atoms with Gasteiger partial charge in [-0.1, -0.05) is 92.5 Å². The minimum Gasteiger partial charge on any atom is -0.412 e. The molecule has 16 nitrogen and oxygen atoms in total. The largest absolute Gasteiger partial charge is 0.412 e. The summed E-state index contributed by atoms with van der Waals surface area (Å²) in [6.07, 6.45) is 3.63. The molecule has 0 fully saturated rings. The Hall–Kier alpha value is -3.54. The van der Waals surface area contributed by atoms with Gasteiger partial charge in [0.05, 0.1) is 12.4 Å². The second kappa shape index (κ2) is 58.7. The summed E-state index contributed by atoms with van der Waals surface area (Å²) in [6, 6.07) is 0. The summed E-state index contributed by atoms with van der Waals surface area (Å²) in [5.74, 6) is 27.8. The minimum absolute atomic E-state index is 0. The molecular weight excluding hydrogens is 652 g/mol. The van der Waals surface area contributed by atoms with Crippen molar-refractivity contribution in [2.75, 3.05) is 0 Å². The smallest absolute Gasteiger partial charge is 0.132 e. The molecule has 0 saturated carbocycles. The molecule has 0 aliphatic carbocycles. The molecule has 0 aromatic carbocycles. The van der Waals surface area contributed by atoms with E-state index < -0.39 is 0 Å². The highest BCUT2D eigenvalue weighted by atomic mass is 16.1. The number of nitrogens with zero attached hydrogens (tertiary/aromatic N) is 4. The topological polar surface area (TPSA) is 335 Å². The van der Waals surface area contributed by atoms with Gasteiger partial charge in [0.1, 0.15) is 11.6 Å². The molecular formula is C35H92N12O4. The lowest BCUT2D eigenvalue weighted by molar-refractivity contribution is -0.120. The third-order valence-electron chi connectivity index (χ3n) is 5.87. The number of hydrogen-bond acceptors (Lipinski definition) is 12. The number of rotatable bonds is 4. The maximum absolute atomic E-state index is 10.1. The lowest BCUT2D eigenvalue weighted by Crippen LogP contribution is -2.03. The number of aryl methyl sites for hydroxylation is 4. The average Bonchev–Trinajstić information content (AvgIpc) is 3.55. The van der Waals surface area contributed by atoms with E-state index in [-0.39, 0.29) is 71.5 Å². The molecule has 16 heteroatoms. The fourth-order valence-electron chi connectivity index (χ4n) is 1.12. The summed E-state index contributed by atoms with van der Waals surface area (Å²) in [5.41, 5.74) is 6.75. The van der Waals surface area contributed by atoms with Crippen molar-refractivity contribution in [3.63, 3.8) is 0 Å². The van der Waals surface area contributed by atoms with E-state index in [0.717, 1.165) is 22.8 Å². The molecule has 2 aromatic heterocycles. The van der Waals surface area contributed by atoms with E-state index in [1.807, 2.05) is 81.6 Å². The van der Waals surface area contributed by atoms with E-state index in [1.165, 1.54) is 11.1 Å². The van der Waals surface area contributed by atoms with Gasteiger partial charge in [0.25, 0.3) is 0 Å². The van der Waals surface area contributed by atoms with Crippen molar-refractivity contribution in [2.24, 2.45) is 68.9 Å². The number of H-pyrrole nitrogens is 2. The van der Waals surface area contributed by atoms with E-state index in [1.54, 1.807) is 13.8 Å². The first-order valence-corrected chi connectivity index (χ1v) is 14.4. The quantitative estimate of drug-likeness (QED) is 0.108. The van der Waals surface area contributed by atoms with Crippen LogP contribution in [0.15, 0.2) is 22.6 Å². The number of hydrazine groups is 2. The van der Waals surface area contributed by atoms with E-state index in [4.69, 9.17) is 11.7 Å². The van der Waals surface area contributed by atoms with Crippen LogP contribution in [0.5, 0.6) is 0 Å². The van der Waals surface area contributed by atoms with Gasteiger partial charge in [0, 0.05) is 34.6 Å². The number of Topliss-reactive ketones (excluding diaryl/α,β-unsaturated/α-hetero) is 2. The maximum Gasteiger partial charge on any atom is 0.132 e. The number of aromatic amines is 2. The summed E-state index contributed by atoms with van der Waals surface area (Å²) in [6.45, 7) is 30.9. The van der Waals surface area contributed by atoms with Crippen molar-refractivity contribution in [1.82, 2.24) is 20.4 Å². The molecule has 0 atom stereocenters. The molecule has 2 aromatic rings. The minimum atomic E-state index is 0. The lowest BCUT2D eigenvalue weighted by Gasteiger charge is -1.98. The molecule has 2 rings (SSSR count). The molecule has 0 aliphatic heterocycles. The van der Waals surface area contributed by atoms with E-state index in [0.29, 0.717) is 11.8 Å². The molecule has 51 heavy (non-hydrogen) atoms. The van der Waals surface area contributed by atoms with E-state index in [9.17, 15) is 9.59 Å². The number of nitrogens with one attached hydrogen (secondary N) is 2. The van der Waals surface area contributed by atoms with Crippen molar-refractivity contribution in [2.45, 2.75) is 148 Å². The first-order chi connectivity index (χ1) is 20.3. The summed E-state index contributed by atoms with van der Waals surface area (Å²) in [5, 5.41) is 20.2. The molecule has 0 amide bonds. The molecule has 0 aliphatic rings. The number of carbonyl (C=O) groups is 2. The van der Waals surface area contributed by atoms with Crippen LogP contribution in [0.2, 0.25) is 0 Å². The first kappa shape index (κ1) is 86.3. The molecule has 18 N–H and O–H groups in total. The van der Waals surface area contributed by atoms with Gasteiger partial charge in [-0.05, 0) is 78.4 Å². The number of ketones is 2. The van der Waals surface area contributed by atoms with Gasteiger partial charge in [-0.2, -0.15) is 20.4 Å². The third-order valence-corrected chi connectivity index (χ3v) is 5.87. The van der Waals surface area contributed by atoms with Crippen LogP contribution in [0.4, 0.5) is 0 Å². The Labute approximate surface area is 315 Å². The molecule has 316 valence electrons. The highest BCUT2D eigenvalue weighted by Crippen LogP contribution is 1.97. The Morgan fingerprint density at radius 3 is 0.725 bits per heavy atom. The van der Waals surface area contributed by atoms with Crippen LogP contribution >= 0.6 is 0 Å². The van der Waals surface area contributed by atoms with Crippen LogP contribution in [-0.2, 0) is 9.59 Å². The SMILES string of the molecule is C.C.C.C.C.C/C(=N/N)C(C)C.C/C(=N/N)C(C)C.CC(=O)C(C)C.CC(=O)C(C)C.Cc1cn[nH]c1C.Cc1cn[nH]c1C.NN.NN.O.O. The monoisotopic (exact) mass is 745 g/mol. The van der Waals surface area contributed by atoms with Crippen LogP contribution < -0.4 is 35.1 Å². The maximum atomic E-state index is 10.1. The van der Waals surface area contributed by atoms with Gasteiger partial charge < -0.3 is 22.6 Å². The zero-order valence-electron chi connectivity index (χ0n) is 31.5. The van der Waals surface area contributed by atoms with Crippen molar-refractivity contribution >= 4 is 23.0 Å². The summed E-state index contributed by atoms with van der Waals surface area (Å²) in [4.78, 5) is 20.3. The highest BCUT2D eigenvalue weighted by Gasteiger charge is 1.96. The van der Waals surface area contributed by atoms with E-state index >= 15 is 0 Å². The second-order valence-electron chi connectivity index (χ2n) is 10.7. The summed E-state index contributed by atoms with van der Waals surface area (Å²) >= 11 is 0. The average molecular weight is 745 g/mol. The predicted molar refractivity (Wildman–Crippen MR) is 229 cm³/mol. The molecule has 0 unspecified atom stereocenters. The number of aromatic nitrogens is 4. The van der Waals surface area contributed by atoms with Crippen LogP contribution in [-0.4, -0.2) is 54.3 Å². The Balaban J connectivity index is -0.0000000295. The fourth-order valence-corrected chi connectivity index (χ4v) is 1.12. The van der Waals surface area contributed by atoms with Gasteiger partial charge in [-0.25, -0.2) is 0 Å². The van der Waals surface area contributed by atoms with Gasteiger partial charge in [0.2, 0.25) is 0 Å². The zero-order valence-corrected chi connectivity index (χ0v) is 31.5. The van der Waals surface area contributed by atoms with Crippen LogP contribution in [0.1, 0.15) is 143 Å². The van der Waals surface area contributed by atoms with Gasteiger partial charge >= 0.3 is 0 Å². The Kier molecular flexibility index (Phi) is 99.2. The summed E-state index contributed by atoms with van der Waals surface area (Å²) < 4.78 is 0. The highest BCUT2D eigenvalue weighted by molar-refractivity contribution is 5.83. The predicted octanol–water partition coefficient (Wildman–Crippen LogP) is 5.64. The van der Waals surface area contributed by atoms with Gasteiger partial charge in [-0.3, -0.25) is 43.2 Å². The van der Waals surface area contributed by atoms with Gasteiger partial charge in [0.15, 0.2) is 0 Å². The number of hydrogen-bond donors (Lipinski definition) is 8. The zero-order chi connectivity index (χ0) is 36.6. The normalized spacial score (nSPS) is 8.55. The molecule has 2 heterocycles. The third kappa shape index (κ3) is 69.1. The second-order valence-corrected chi connectivity index (χ2v) is 10.7. The molecule has 0 saturated heterocycles. The standard InChI is InChI=1S/2C5H8N2.2C5H12N2.2C5H10O.5CH4.2H4N2.2H2O/c2*1-4-3-6-7-5(4)2;2*1-4(2)5(3)7-6;2*1-4(2)5(3)6;;;;;;2*1-2;;/h2*3H,1-2H3,(H,6,7);2*4H,6H2,1-3H3;2*4H,1-3H3;5*1H4;2*1-2H2;2*1H2/b;;2*7-5-;;;;;;;;;;;. The molecule has 0 radical (unpaired) electrons. The van der Waals surface area contributed by atoms with Crippen molar-refractivity contribution in [1.29, 1.82) is 0 Å². The fraction of sp³-hybridized carbons (Fsp3) is 0.714. The van der Waals surface area contributed by atoms with Crippen LogP contribution in [0, 0.1) is 51.4 Å². The number of hydrazone groups is 2. The summed E-state index contributed by atoms with van der Waals surface area (Å²) in [7, 11) is 0. The molecule has 0 spiro atoms. The van der Waals surface area contributed by atoms with E-state index in [2.05, 4.69) is 81.7 Å². The van der Waals surface area contributed by atoms with Crippen LogP contribution in [0.25, 0.3) is 0 Å². The lowest BCUT2D eigenvalue weighted by atomic mass is 10.1. The van der Waals surface area contributed by atoms with Crippen molar-refractivity contribution < 1.29 is 20.5 Å². The van der Waals surface area contributed by atoms with Crippen molar-refractivity contribution in [3.05, 3.63) is 34.9 Å². The number of carbonyl (C=O) groups excluding carboxylic acids is 2.